The van der Waals surface area contributed by atoms with Gasteiger partial charge in [-0.3, -0.25) is 9.36 Å². The summed E-state index contributed by atoms with van der Waals surface area (Å²) in [5.41, 5.74) is 0.710. The summed E-state index contributed by atoms with van der Waals surface area (Å²) in [4.78, 5) is 19.7. The van der Waals surface area contributed by atoms with Crippen LogP contribution in [0.3, 0.4) is 0 Å². The van der Waals surface area contributed by atoms with Crippen LogP contribution in [0.5, 0.6) is 0 Å². The van der Waals surface area contributed by atoms with Gasteiger partial charge in [-0.2, -0.15) is 0 Å². The summed E-state index contributed by atoms with van der Waals surface area (Å²) < 4.78 is 8.33. The third kappa shape index (κ3) is 3.15. The Bertz CT molecular complexity index is 990. The molecule has 0 N–H and O–H groups in total. The minimum absolute atomic E-state index is 0.0491. The van der Waals surface area contributed by atoms with Crippen LogP contribution < -0.4 is 10.5 Å². The Kier molecular flexibility index (Phi) is 4.54. The van der Waals surface area contributed by atoms with Crippen molar-refractivity contribution in [3.05, 3.63) is 63.6 Å². The zero-order chi connectivity index (χ0) is 18.3. The molecule has 1 aliphatic rings. The Balaban J connectivity index is 1.68. The average Bonchev–Trinajstić information content (AvgIpc) is 2.62. The fourth-order valence-electron chi connectivity index (χ4n) is 3.52. The van der Waals surface area contributed by atoms with E-state index in [9.17, 15) is 4.79 Å². The van der Waals surface area contributed by atoms with E-state index in [1.165, 1.54) is 0 Å². The van der Waals surface area contributed by atoms with Gasteiger partial charge in [0.15, 0.2) is 0 Å². The molecule has 6 heteroatoms. The van der Waals surface area contributed by atoms with Gasteiger partial charge in [-0.25, -0.2) is 4.98 Å². The van der Waals surface area contributed by atoms with Crippen molar-refractivity contribution in [1.82, 2.24) is 9.55 Å². The van der Waals surface area contributed by atoms with E-state index in [1.807, 2.05) is 36.4 Å². The Morgan fingerprint density at radius 3 is 2.54 bits per heavy atom. The number of halogens is 1. The Morgan fingerprint density at radius 2 is 1.85 bits per heavy atom. The molecule has 1 fully saturated rings. The largest absolute Gasteiger partial charge is 0.372 e. The number of pyridine rings is 2. The monoisotopic (exact) mass is 413 g/mol. The van der Waals surface area contributed by atoms with Gasteiger partial charge in [-0.15, -0.1) is 0 Å². The van der Waals surface area contributed by atoms with Gasteiger partial charge in [0.25, 0.3) is 5.56 Å². The third-order valence-electron chi connectivity index (χ3n) is 4.65. The lowest BCUT2D eigenvalue weighted by molar-refractivity contribution is -0.00545. The normalized spacial score (nSPS) is 20.5. The molecular formula is C20H20BrN3O2. The maximum Gasteiger partial charge on any atom is 0.263 e. The van der Waals surface area contributed by atoms with E-state index in [4.69, 9.17) is 4.74 Å². The van der Waals surface area contributed by atoms with Gasteiger partial charge >= 0.3 is 0 Å². The van der Waals surface area contributed by atoms with Gasteiger partial charge in [0, 0.05) is 34.5 Å². The highest BCUT2D eigenvalue weighted by Gasteiger charge is 2.23. The summed E-state index contributed by atoms with van der Waals surface area (Å²) in [6.07, 6.45) is 3.92. The molecule has 3 aromatic rings. The summed E-state index contributed by atoms with van der Waals surface area (Å²) >= 11 is 3.50. The van der Waals surface area contributed by atoms with Crippen molar-refractivity contribution >= 4 is 32.5 Å². The molecule has 3 heterocycles. The summed E-state index contributed by atoms with van der Waals surface area (Å²) in [6, 6.07) is 11.5. The quantitative estimate of drug-likeness (QED) is 0.641. The van der Waals surface area contributed by atoms with Crippen LogP contribution in [-0.2, 0) is 4.74 Å². The lowest BCUT2D eigenvalue weighted by Gasteiger charge is -2.36. The molecule has 0 spiro atoms. The second-order valence-corrected chi connectivity index (χ2v) is 7.58. The number of morpholine rings is 1. The maximum atomic E-state index is 12.8. The number of hydrogen-bond acceptors (Lipinski definition) is 4. The van der Waals surface area contributed by atoms with E-state index in [-0.39, 0.29) is 17.8 Å². The highest BCUT2D eigenvalue weighted by Crippen LogP contribution is 2.22. The number of anilines is 1. The van der Waals surface area contributed by atoms with Crippen LogP contribution in [0.4, 0.5) is 5.82 Å². The molecule has 5 nitrogen and oxygen atoms in total. The van der Waals surface area contributed by atoms with Crippen molar-refractivity contribution in [2.24, 2.45) is 0 Å². The standard InChI is InChI=1S/C20H20BrN3O2/c1-13-11-23(12-14(2)26-13)19-7-6-15(10-22-19)24-9-8-16-17(20(24)25)4-3-5-18(16)21/h3-10,13-14H,11-12H2,1-2H3/t13-,14+. The predicted octanol–water partition coefficient (Wildman–Crippen LogP) is 3.76. The molecule has 0 aliphatic carbocycles. The van der Waals surface area contributed by atoms with E-state index in [0.29, 0.717) is 5.39 Å². The SMILES string of the molecule is C[C@@H]1CN(c2ccc(-n3ccc4c(Br)cccc4c3=O)cn2)C[C@H](C)O1. The van der Waals surface area contributed by atoms with Crippen molar-refractivity contribution in [2.45, 2.75) is 26.1 Å². The number of rotatable bonds is 2. The van der Waals surface area contributed by atoms with Gasteiger partial charge in [-0.05, 0) is 44.2 Å². The number of nitrogens with zero attached hydrogens (tertiary/aromatic N) is 3. The molecule has 2 aromatic heterocycles. The molecule has 1 saturated heterocycles. The number of hydrogen-bond donors (Lipinski definition) is 0. The lowest BCUT2D eigenvalue weighted by Crippen LogP contribution is -2.45. The summed E-state index contributed by atoms with van der Waals surface area (Å²) in [5.74, 6) is 0.910. The van der Waals surface area contributed by atoms with Crippen LogP contribution in [0.2, 0.25) is 0 Å². The van der Waals surface area contributed by atoms with Crippen molar-refractivity contribution in [2.75, 3.05) is 18.0 Å². The van der Waals surface area contributed by atoms with Gasteiger partial charge in [-0.1, -0.05) is 22.0 Å². The minimum atomic E-state index is -0.0491. The molecule has 0 unspecified atom stereocenters. The van der Waals surface area contributed by atoms with E-state index < -0.39 is 0 Å². The zero-order valence-corrected chi connectivity index (χ0v) is 16.3. The van der Waals surface area contributed by atoms with Crippen molar-refractivity contribution in [3.63, 3.8) is 0 Å². The fourth-order valence-corrected chi connectivity index (χ4v) is 4.01. The van der Waals surface area contributed by atoms with E-state index >= 15 is 0 Å². The molecule has 26 heavy (non-hydrogen) atoms. The predicted molar refractivity (Wildman–Crippen MR) is 107 cm³/mol. The van der Waals surface area contributed by atoms with Crippen LogP contribution in [0.15, 0.2) is 58.1 Å². The Labute approximate surface area is 160 Å². The van der Waals surface area contributed by atoms with Crippen LogP contribution in [0, 0.1) is 0 Å². The molecular weight excluding hydrogens is 394 g/mol. The first-order valence-corrected chi connectivity index (χ1v) is 9.49. The highest BCUT2D eigenvalue weighted by atomic mass is 79.9. The minimum Gasteiger partial charge on any atom is -0.372 e. The molecule has 4 rings (SSSR count). The number of benzene rings is 1. The molecule has 0 bridgehead atoms. The molecule has 1 aromatic carbocycles. The fraction of sp³-hybridized carbons (Fsp3) is 0.300. The lowest BCUT2D eigenvalue weighted by atomic mass is 10.2. The van der Waals surface area contributed by atoms with Gasteiger partial charge in [0.2, 0.25) is 0 Å². The van der Waals surface area contributed by atoms with Crippen LogP contribution in [-0.4, -0.2) is 34.8 Å². The van der Waals surface area contributed by atoms with Crippen molar-refractivity contribution < 1.29 is 4.74 Å². The summed E-state index contributed by atoms with van der Waals surface area (Å²) in [5, 5.41) is 1.59. The van der Waals surface area contributed by atoms with E-state index in [1.54, 1.807) is 17.0 Å². The molecule has 0 saturated carbocycles. The van der Waals surface area contributed by atoms with E-state index in [2.05, 4.69) is 39.7 Å². The molecule has 1 aliphatic heterocycles. The van der Waals surface area contributed by atoms with E-state index in [0.717, 1.165) is 34.5 Å². The first-order chi connectivity index (χ1) is 12.5. The summed E-state index contributed by atoms with van der Waals surface area (Å²) in [6.45, 7) is 5.79. The smallest absolute Gasteiger partial charge is 0.263 e. The second-order valence-electron chi connectivity index (χ2n) is 6.73. The number of ether oxygens (including phenoxy) is 1. The van der Waals surface area contributed by atoms with Gasteiger partial charge in [0.05, 0.1) is 24.1 Å². The van der Waals surface area contributed by atoms with Gasteiger partial charge < -0.3 is 9.64 Å². The van der Waals surface area contributed by atoms with Crippen molar-refractivity contribution in [1.29, 1.82) is 0 Å². The topological polar surface area (TPSA) is 47.4 Å². The Morgan fingerprint density at radius 1 is 1.08 bits per heavy atom. The molecule has 2 atom stereocenters. The van der Waals surface area contributed by atoms with Crippen LogP contribution >= 0.6 is 15.9 Å². The molecule has 0 amide bonds. The number of aromatic nitrogens is 2. The van der Waals surface area contributed by atoms with Crippen LogP contribution in [0.25, 0.3) is 16.5 Å². The zero-order valence-electron chi connectivity index (χ0n) is 14.7. The Hall–Kier alpha value is -2.18. The first-order valence-electron chi connectivity index (χ1n) is 8.69. The van der Waals surface area contributed by atoms with Crippen molar-refractivity contribution in [3.8, 4) is 5.69 Å². The second kappa shape index (κ2) is 6.85. The first kappa shape index (κ1) is 17.2. The van der Waals surface area contributed by atoms with Gasteiger partial charge in [0.1, 0.15) is 5.82 Å². The number of fused-ring (bicyclic) bond motifs is 1. The highest BCUT2D eigenvalue weighted by molar-refractivity contribution is 9.10. The molecule has 134 valence electrons. The third-order valence-corrected chi connectivity index (χ3v) is 5.34. The molecule has 0 radical (unpaired) electrons. The average molecular weight is 414 g/mol. The maximum absolute atomic E-state index is 12.8. The summed E-state index contributed by atoms with van der Waals surface area (Å²) in [7, 11) is 0. The van der Waals surface area contributed by atoms with Crippen LogP contribution in [0.1, 0.15) is 13.8 Å².